The second-order valence-electron chi connectivity index (χ2n) is 9.38. The number of aliphatic hydroxyl groups excluding tert-OH is 1. The molecule has 2 aliphatic heterocycles. The van der Waals surface area contributed by atoms with Gasteiger partial charge in [-0.2, -0.15) is 4.98 Å². The fraction of sp³-hybridized carbons (Fsp3) is 0.214. The normalized spacial score (nSPS) is 17.5. The molecule has 2 aromatic heterocycles. The lowest BCUT2D eigenvalue weighted by molar-refractivity contribution is -0.120. The zero-order chi connectivity index (χ0) is 26.9. The summed E-state index contributed by atoms with van der Waals surface area (Å²) in [4.78, 5) is 41.3. The van der Waals surface area contributed by atoms with Crippen molar-refractivity contribution in [1.29, 1.82) is 0 Å². The molecule has 0 saturated carbocycles. The number of amides is 2. The molecule has 4 N–H and O–H groups in total. The SMILES string of the molecule is O=C(Nc1cccc(Sc2ccc3[nH]c(N4CCCCC4)nc3n2)c1Cl)C1=C(O)[C@H](c2ccccc2)NC1=O. The van der Waals surface area contributed by atoms with Crippen LogP contribution >= 0.6 is 23.4 Å². The number of rotatable bonds is 6. The van der Waals surface area contributed by atoms with E-state index in [-0.39, 0.29) is 11.3 Å². The molecule has 0 spiro atoms. The van der Waals surface area contributed by atoms with Gasteiger partial charge >= 0.3 is 0 Å². The van der Waals surface area contributed by atoms with Crippen LogP contribution < -0.4 is 15.5 Å². The van der Waals surface area contributed by atoms with Crippen molar-refractivity contribution in [3.05, 3.63) is 82.6 Å². The third kappa shape index (κ3) is 5.05. The van der Waals surface area contributed by atoms with Gasteiger partial charge < -0.3 is 25.6 Å². The lowest BCUT2D eigenvalue weighted by atomic mass is 10.1. The maximum atomic E-state index is 13.0. The van der Waals surface area contributed by atoms with Crippen molar-refractivity contribution in [2.45, 2.75) is 35.2 Å². The molecule has 6 rings (SSSR count). The molecule has 0 unspecified atom stereocenters. The number of carbonyl (C=O) groups is 2. The molecule has 11 heteroatoms. The van der Waals surface area contributed by atoms with E-state index in [0.717, 1.165) is 37.4 Å². The van der Waals surface area contributed by atoms with E-state index < -0.39 is 17.9 Å². The highest BCUT2D eigenvalue weighted by molar-refractivity contribution is 7.99. The Morgan fingerprint density at radius 2 is 1.82 bits per heavy atom. The minimum Gasteiger partial charge on any atom is -0.509 e. The van der Waals surface area contributed by atoms with Crippen LogP contribution in [0.4, 0.5) is 11.6 Å². The average molecular weight is 561 g/mol. The Balaban J connectivity index is 1.20. The van der Waals surface area contributed by atoms with Gasteiger partial charge in [0.2, 0.25) is 5.95 Å². The largest absolute Gasteiger partial charge is 0.509 e. The lowest BCUT2D eigenvalue weighted by Gasteiger charge is -2.25. The maximum Gasteiger partial charge on any atom is 0.264 e. The van der Waals surface area contributed by atoms with Crippen LogP contribution in [-0.2, 0) is 9.59 Å². The van der Waals surface area contributed by atoms with Crippen LogP contribution in [0.3, 0.4) is 0 Å². The third-order valence-corrected chi connectivity index (χ3v) is 8.30. The molecule has 1 saturated heterocycles. The summed E-state index contributed by atoms with van der Waals surface area (Å²) in [5, 5.41) is 17.0. The zero-order valence-electron chi connectivity index (χ0n) is 20.8. The maximum absolute atomic E-state index is 13.0. The van der Waals surface area contributed by atoms with Crippen LogP contribution in [0, 0.1) is 0 Å². The van der Waals surface area contributed by atoms with Crippen LogP contribution in [0.2, 0.25) is 5.02 Å². The summed E-state index contributed by atoms with van der Waals surface area (Å²) >= 11 is 8.00. The van der Waals surface area contributed by atoms with Crippen LogP contribution in [0.1, 0.15) is 30.9 Å². The predicted octanol–water partition coefficient (Wildman–Crippen LogP) is 5.37. The summed E-state index contributed by atoms with van der Waals surface area (Å²) in [6.07, 6.45) is 3.56. The van der Waals surface area contributed by atoms with Crippen molar-refractivity contribution in [2.75, 3.05) is 23.3 Å². The second-order valence-corrected chi connectivity index (χ2v) is 10.8. The van der Waals surface area contributed by atoms with E-state index in [9.17, 15) is 14.7 Å². The number of fused-ring (bicyclic) bond motifs is 1. The van der Waals surface area contributed by atoms with Gasteiger partial charge in [-0.15, -0.1) is 0 Å². The van der Waals surface area contributed by atoms with Crippen molar-refractivity contribution in [1.82, 2.24) is 20.3 Å². The fourth-order valence-electron chi connectivity index (χ4n) is 4.80. The zero-order valence-corrected chi connectivity index (χ0v) is 22.4. The Kier molecular flexibility index (Phi) is 6.88. The highest BCUT2D eigenvalue weighted by Gasteiger charge is 2.37. The first kappa shape index (κ1) is 25.3. The van der Waals surface area contributed by atoms with E-state index in [4.69, 9.17) is 21.6 Å². The van der Waals surface area contributed by atoms with E-state index in [1.807, 2.05) is 24.3 Å². The van der Waals surface area contributed by atoms with Gasteiger partial charge in [0.05, 0.1) is 16.2 Å². The number of aromatic nitrogens is 3. The number of H-pyrrole nitrogens is 1. The summed E-state index contributed by atoms with van der Waals surface area (Å²) in [5.74, 6) is -0.884. The number of imidazole rings is 1. The molecule has 2 amide bonds. The molecule has 0 aliphatic carbocycles. The van der Waals surface area contributed by atoms with E-state index in [0.29, 0.717) is 31.8 Å². The molecular formula is C28H25ClN6O3S. The predicted molar refractivity (Wildman–Crippen MR) is 151 cm³/mol. The van der Waals surface area contributed by atoms with Crippen LogP contribution in [-0.4, -0.2) is 45.0 Å². The highest BCUT2D eigenvalue weighted by Crippen LogP contribution is 2.38. The molecule has 0 radical (unpaired) electrons. The highest BCUT2D eigenvalue weighted by atomic mass is 35.5. The number of pyridine rings is 1. The minimum atomic E-state index is -0.782. The van der Waals surface area contributed by atoms with E-state index in [2.05, 4.69) is 20.5 Å². The number of piperidine rings is 1. The van der Waals surface area contributed by atoms with E-state index in [1.165, 1.54) is 18.2 Å². The summed E-state index contributed by atoms with van der Waals surface area (Å²) in [5.41, 5.74) is 2.14. The fourth-order valence-corrected chi connectivity index (χ4v) is 5.93. The third-order valence-electron chi connectivity index (χ3n) is 6.78. The molecular weight excluding hydrogens is 536 g/mol. The average Bonchev–Trinajstić information content (AvgIpc) is 3.51. The molecule has 4 aromatic rings. The van der Waals surface area contributed by atoms with Crippen molar-refractivity contribution < 1.29 is 14.7 Å². The van der Waals surface area contributed by atoms with Gasteiger partial charge in [-0.05, 0) is 49.1 Å². The number of nitrogens with zero attached hydrogens (tertiary/aromatic N) is 3. The molecule has 0 bridgehead atoms. The first-order chi connectivity index (χ1) is 19.0. The first-order valence-corrected chi connectivity index (χ1v) is 13.9. The minimum absolute atomic E-state index is 0.298. The summed E-state index contributed by atoms with van der Waals surface area (Å²) < 4.78 is 0. The standard InChI is InChI=1S/C28H25ClN6O3S/c29-22-17(30-26(37)21-24(36)23(33-27(21)38)16-8-3-1-4-9-16)10-7-11-19(22)39-20-13-12-18-25(32-20)34-28(31-18)35-14-5-2-6-15-35/h1,3-4,7-13,23,36H,2,5-6,14-15H2,(H,30,37)(H,33,38)(H,31,32,34)/t23-/m0/s1. The smallest absolute Gasteiger partial charge is 0.264 e. The number of hydrogen-bond donors (Lipinski definition) is 4. The van der Waals surface area contributed by atoms with Gasteiger partial charge in [0.1, 0.15) is 22.4 Å². The van der Waals surface area contributed by atoms with E-state index in [1.54, 1.807) is 36.4 Å². The van der Waals surface area contributed by atoms with Crippen molar-refractivity contribution in [3.8, 4) is 0 Å². The van der Waals surface area contributed by atoms with Gasteiger partial charge in [-0.1, -0.05) is 59.8 Å². The second kappa shape index (κ2) is 10.6. The molecule has 1 atom stereocenters. The van der Waals surface area contributed by atoms with Crippen molar-refractivity contribution in [3.63, 3.8) is 0 Å². The Labute approximate surface area is 233 Å². The molecule has 2 aromatic carbocycles. The number of aliphatic hydroxyl groups is 1. The number of halogens is 1. The van der Waals surface area contributed by atoms with Crippen LogP contribution in [0.15, 0.2) is 81.9 Å². The molecule has 4 heterocycles. The van der Waals surface area contributed by atoms with Gasteiger partial charge in [0, 0.05) is 18.0 Å². The Morgan fingerprint density at radius 1 is 1.03 bits per heavy atom. The monoisotopic (exact) mass is 560 g/mol. The molecule has 198 valence electrons. The van der Waals surface area contributed by atoms with Crippen molar-refractivity contribution >= 4 is 58.0 Å². The van der Waals surface area contributed by atoms with Gasteiger partial charge in [-0.3, -0.25) is 9.59 Å². The molecule has 1 fully saturated rings. The Morgan fingerprint density at radius 3 is 2.62 bits per heavy atom. The summed E-state index contributed by atoms with van der Waals surface area (Å²) in [7, 11) is 0. The van der Waals surface area contributed by atoms with Crippen molar-refractivity contribution in [2.24, 2.45) is 0 Å². The van der Waals surface area contributed by atoms with Gasteiger partial charge in [-0.25, -0.2) is 4.98 Å². The molecule has 2 aliphatic rings. The topological polar surface area (TPSA) is 123 Å². The number of benzene rings is 2. The molecule has 9 nitrogen and oxygen atoms in total. The molecule has 39 heavy (non-hydrogen) atoms. The number of nitrogens with one attached hydrogen (secondary N) is 3. The summed E-state index contributed by atoms with van der Waals surface area (Å²) in [6.45, 7) is 1.97. The number of hydrogen-bond acceptors (Lipinski definition) is 7. The first-order valence-electron chi connectivity index (χ1n) is 12.7. The number of aromatic amines is 1. The Hall–Kier alpha value is -4.02. The van der Waals surface area contributed by atoms with Gasteiger partial charge in [0.15, 0.2) is 5.65 Å². The quantitative estimate of drug-likeness (QED) is 0.234. The number of carbonyl (C=O) groups excluding carboxylic acids is 2. The number of anilines is 2. The van der Waals surface area contributed by atoms with Crippen LogP contribution in [0.5, 0.6) is 0 Å². The van der Waals surface area contributed by atoms with Crippen LogP contribution in [0.25, 0.3) is 11.2 Å². The Bertz CT molecular complexity index is 1600. The lowest BCUT2D eigenvalue weighted by Crippen LogP contribution is -2.30. The summed E-state index contributed by atoms with van der Waals surface area (Å²) in [6, 6.07) is 17.2. The van der Waals surface area contributed by atoms with Gasteiger partial charge in [0.25, 0.3) is 11.8 Å². The van der Waals surface area contributed by atoms with E-state index >= 15 is 0 Å².